The van der Waals surface area contributed by atoms with Crippen LogP contribution in [-0.4, -0.2) is 32.5 Å². The van der Waals surface area contributed by atoms with Crippen molar-refractivity contribution in [1.82, 2.24) is 20.1 Å². The monoisotopic (exact) mass is 382 g/mol. The highest BCUT2D eigenvalue weighted by molar-refractivity contribution is 9.10. The molecule has 1 amide bonds. The molecule has 4 heterocycles. The number of carbonyl (C=O) groups excluding carboxylic acids is 1. The van der Waals surface area contributed by atoms with Gasteiger partial charge in [0.05, 0.1) is 11.4 Å². The number of hydrogen-bond donors (Lipinski definition) is 1. The van der Waals surface area contributed by atoms with E-state index in [1.807, 2.05) is 11.0 Å². The van der Waals surface area contributed by atoms with Gasteiger partial charge in [0.25, 0.3) is 5.91 Å². The molecule has 3 aromatic rings. The molecule has 2 aromatic heterocycles. The first-order valence-corrected chi connectivity index (χ1v) is 8.91. The van der Waals surface area contributed by atoms with E-state index in [-0.39, 0.29) is 11.9 Å². The second-order valence-corrected chi connectivity index (χ2v) is 7.42. The average molecular weight is 383 g/mol. The SMILES string of the molecule is O=C(c1[nH]nc2ncc(Br)cc12)N1C[C@@H]2CC[C@H]1c1ccccc12. The molecule has 2 bridgehead atoms. The van der Waals surface area contributed by atoms with E-state index in [1.165, 1.54) is 11.1 Å². The Morgan fingerprint density at radius 3 is 2.96 bits per heavy atom. The Bertz CT molecular complexity index is 967. The van der Waals surface area contributed by atoms with Crippen LogP contribution >= 0.6 is 15.9 Å². The molecule has 120 valence electrons. The van der Waals surface area contributed by atoms with Crippen molar-refractivity contribution in [3.05, 3.63) is 57.8 Å². The topological polar surface area (TPSA) is 61.9 Å². The third-order valence-corrected chi connectivity index (χ3v) is 5.66. The highest BCUT2D eigenvalue weighted by atomic mass is 79.9. The van der Waals surface area contributed by atoms with Crippen LogP contribution in [0, 0.1) is 0 Å². The largest absolute Gasteiger partial charge is 0.330 e. The number of H-pyrrole nitrogens is 1. The van der Waals surface area contributed by atoms with Crippen LogP contribution in [0.1, 0.15) is 46.4 Å². The Kier molecular flexibility index (Phi) is 3.03. The maximum atomic E-state index is 13.2. The van der Waals surface area contributed by atoms with Crippen molar-refractivity contribution in [3.63, 3.8) is 0 Å². The van der Waals surface area contributed by atoms with Gasteiger partial charge in [-0.05, 0) is 46.0 Å². The average Bonchev–Trinajstić information content (AvgIpc) is 3.04. The van der Waals surface area contributed by atoms with Gasteiger partial charge in [-0.3, -0.25) is 9.89 Å². The lowest BCUT2D eigenvalue weighted by atomic mass is 9.75. The molecule has 1 aromatic carbocycles. The number of rotatable bonds is 1. The number of benzene rings is 1. The molecule has 6 rings (SSSR count). The second-order valence-electron chi connectivity index (χ2n) is 6.50. The zero-order valence-corrected chi connectivity index (χ0v) is 14.5. The Morgan fingerprint density at radius 1 is 1.25 bits per heavy atom. The van der Waals surface area contributed by atoms with E-state index in [2.05, 4.69) is 55.4 Å². The molecule has 0 radical (unpaired) electrons. The normalized spacial score (nSPS) is 22.0. The molecule has 1 aliphatic carbocycles. The molecule has 0 unspecified atom stereocenters. The van der Waals surface area contributed by atoms with E-state index in [9.17, 15) is 4.79 Å². The highest BCUT2D eigenvalue weighted by Crippen LogP contribution is 2.47. The lowest BCUT2D eigenvalue weighted by Gasteiger charge is -2.46. The summed E-state index contributed by atoms with van der Waals surface area (Å²) in [6.07, 6.45) is 3.88. The molecule has 1 saturated heterocycles. The summed E-state index contributed by atoms with van der Waals surface area (Å²) in [5, 5.41) is 7.84. The Morgan fingerprint density at radius 2 is 2.08 bits per heavy atom. The predicted octanol–water partition coefficient (Wildman–Crippen LogP) is 3.79. The Labute approximate surface area is 147 Å². The summed E-state index contributed by atoms with van der Waals surface area (Å²) in [4.78, 5) is 19.5. The van der Waals surface area contributed by atoms with Gasteiger partial charge in [0.15, 0.2) is 5.65 Å². The first kappa shape index (κ1) is 14.2. The van der Waals surface area contributed by atoms with Crippen molar-refractivity contribution in [2.75, 3.05) is 6.54 Å². The van der Waals surface area contributed by atoms with Crippen LogP contribution in [-0.2, 0) is 0 Å². The number of aromatic nitrogens is 3. The van der Waals surface area contributed by atoms with Gasteiger partial charge < -0.3 is 4.90 Å². The van der Waals surface area contributed by atoms with Crippen molar-refractivity contribution in [2.45, 2.75) is 24.8 Å². The van der Waals surface area contributed by atoms with Gasteiger partial charge in [-0.2, -0.15) is 5.10 Å². The van der Waals surface area contributed by atoms with Gasteiger partial charge in [-0.15, -0.1) is 0 Å². The van der Waals surface area contributed by atoms with Crippen LogP contribution in [0.3, 0.4) is 0 Å². The number of fused-ring (bicyclic) bond motifs is 3. The van der Waals surface area contributed by atoms with E-state index in [0.717, 1.165) is 29.2 Å². The third kappa shape index (κ3) is 1.95. The Balaban J connectivity index is 1.57. The van der Waals surface area contributed by atoms with E-state index in [0.29, 0.717) is 17.3 Å². The van der Waals surface area contributed by atoms with Gasteiger partial charge in [0.2, 0.25) is 0 Å². The van der Waals surface area contributed by atoms with Gasteiger partial charge in [-0.1, -0.05) is 24.3 Å². The first-order valence-electron chi connectivity index (χ1n) is 8.12. The number of halogens is 1. The molecule has 5 nitrogen and oxygen atoms in total. The molecular formula is C18H15BrN4O. The standard InChI is InChI=1S/C18H15BrN4O/c19-11-7-14-16(21-22-17(14)20-8-11)18(24)23-9-10-5-6-15(23)13-4-2-1-3-12(10)13/h1-4,7-8,10,15H,5-6,9H2,(H,20,21,22)/t10-,15-/m0/s1. The summed E-state index contributed by atoms with van der Waals surface area (Å²) < 4.78 is 0.843. The van der Waals surface area contributed by atoms with Crippen molar-refractivity contribution < 1.29 is 4.79 Å². The minimum Gasteiger partial charge on any atom is -0.330 e. The molecule has 0 spiro atoms. The number of carbonyl (C=O) groups is 1. The number of hydrogen-bond acceptors (Lipinski definition) is 3. The lowest BCUT2D eigenvalue weighted by Crippen LogP contribution is -2.45. The van der Waals surface area contributed by atoms with E-state index >= 15 is 0 Å². The molecule has 1 fully saturated rings. The van der Waals surface area contributed by atoms with Crippen LogP contribution in [0.5, 0.6) is 0 Å². The summed E-state index contributed by atoms with van der Waals surface area (Å²) in [6, 6.07) is 10.6. The molecule has 0 saturated carbocycles. The highest BCUT2D eigenvalue weighted by Gasteiger charge is 2.41. The van der Waals surface area contributed by atoms with E-state index in [4.69, 9.17) is 0 Å². The van der Waals surface area contributed by atoms with Crippen molar-refractivity contribution in [1.29, 1.82) is 0 Å². The second kappa shape index (κ2) is 5.14. The molecule has 2 aliphatic heterocycles. The van der Waals surface area contributed by atoms with Crippen LogP contribution < -0.4 is 0 Å². The molecule has 3 aliphatic rings. The molecule has 1 N–H and O–H groups in total. The van der Waals surface area contributed by atoms with Gasteiger partial charge in [0.1, 0.15) is 5.69 Å². The maximum Gasteiger partial charge on any atom is 0.273 e. The van der Waals surface area contributed by atoms with E-state index < -0.39 is 0 Å². The number of piperidine rings is 1. The smallest absolute Gasteiger partial charge is 0.273 e. The summed E-state index contributed by atoms with van der Waals surface area (Å²) in [7, 11) is 0. The molecular weight excluding hydrogens is 368 g/mol. The number of amides is 1. The minimum atomic E-state index is 0.0154. The summed E-state index contributed by atoms with van der Waals surface area (Å²) in [6.45, 7) is 0.780. The summed E-state index contributed by atoms with van der Waals surface area (Å²) in [5.41, 5.74) is 3.82. The van der Waals surface area contributed by atoms with Crippen LogP contribution in [0.15, 0.2) is 41.0 Å². The fourth-order valence-corrected chi connectivity index (χ4v) is 4.47. The fourth-order valence-electron chi connectivity index (χ4n) is 4.14. The minimum absolute atomic E-state index is 0.0154. The third-order valence-electron chi connectivity index (χ3n) is 5.23. The van der Waals surface area contributed by atoms with E-state index in [1.54, 1.807) is 6.20 Å². The zero-order chi connectivity index (χ0) is 16.3. The molecule has 6 heteroatoms. The van der Waals surface area contributed by atoms with Gasteiger partial charge >= 0.3 is 0 Å². The van der Waals surface area contributed by atoms with Gasteiger partial charge in [-0.25, -0.2) is 4.98 Å². The van der Waals surface area contributed by atoms with Crippen LogP contribution in [0.2, 0.25) is 0 Å². The quantitative estimate of drug-likeness (QED) is 0.696. The first-order chi connectivity index (χ1) is 11.7. The van der Waals surface area contributed by atoms with Crippen molar-refractivity contribution >= 4 is 32.9 Å². The summed E-state index contributed by atoms with van der Waals surface area (Å²) >= 11 is 3.42. The maximum absolute atomic E-state index is 13.2. The Hall–Kier alpha value is -2.21. The van der Waals surface area contributed by atoms with Crippen LogP contribution in [0.25, 0.3) is 11.0 Å². The fraction of sp³-hybridized carbons (Fsp3) is 0.278. The number of pyridine rings is 1. The number of aromatic amines is 1. The van der Waals surface area contributed by atoms with Crippen molar-refractivity contribution in [2.24, 2.45) is 0 Å². The lowest BCUT2D eigenvalue weighted by molar-refractivity contribution is 0.0537. The van der Waals surface area contributed by atoms with Crippen LogP contribution in [0.4, 0.5) is 0 Å². The van der Waals surface area contributed by atoms with Crippen molar-refractivity contribution in [3.8, 4) is 0 Å². The number of nitrogens with zero attached hydrogens (tertiary/aromatic N) is 3. The molecule has 24 heavy (non-hydrogen) atoms. The summed E-state index contributed by atoms with van der Waals surface area (Å²) in [5.74, 6) is 0.454. The number of nitrogens with one attached hydrogen (secondary N) is 1. The van der Waals surface area contributed by atoms with Gasteiger partial charge in [0, 0.05) is 23.1 Å². The zero-order valence-electron chi connectivity index (χ0n) is 12.9. The predicted molar refractivity (Wildman–Crippen MR) is 93.8 cm³/mol. The molecule has 2 atom stereocenters.